The Kier molecular flexibility index (Phi) is 4.01. The molecule has 0 unspecified atom stereocenters. The number of carbonyl (C=O) groups is 1. The molecule has 0 N–H and O–H groups in total. The van der Waals surface area contributed by atoms with Gasteiger partial charge in [-0.25, -0.2) is 0 Å². The SMILES string of the molecule is O=C1[C@H]2CCC[C@@H]1[C@H](N1CCOCC1)C[C@H]2c1ccccc1. The quantitative estimate of drug-likeness (QED) is 0.841. The van der Waals surface area contributed by atoms with E-state index in [-0.39, 0.29) is 11.8 Å². The third-order valence-electron chi connectivity index (χ3n) is 5.95. The predicted molar refractivity (Wildman–Crippen MR) is 85.8 cm³/mol. The van der Waals surface area contributed by atoms with Gasteiger partial charge in [-0.2, -0.15) is 0 Å². The van der Waals surface area contributed by atoms with Crippen LogP contribution in [-0.4, -0.2) is 43.0 Å². The van der Waals surface area contributed by atoms with E-state index in [1.807, 2.05) is 0 Å². The summed E-state index contributed by atoms with van der Waals surface area (Å²) in [6, 6.07) is 11.1. The van der Waals surface area contributed by atoms with E-state index in [0.717, 1.165) is 45.6 Å². The molecule has 22 heavy (non-hydrogen) atoms. The van der Waals surface area contributed by atoms with Gasteiger partial charge in [0.25, 0.3) is 0 Å². The highest BCUT2D eigenvalue weighted by Gasteiger charge is 2.47. The van der Waals surface area contributed by atoms with Crippen LogP contribution in [0.25, 0.3) is 0 Å². The average molecular weight is 299 g/mol. The predicted octanol–water partition coefficient (Wildman–Crippen LogP) is 2.86. The fourth-order valence-corrected chi connectivity index (χ4v) is 4.87. The van der Waals surface area contributed by atoms with E-state index in [0.29, 0.717) is 17.7 Å². The summed E-state index contributed by atoms with van der Waals surface area (Å²) >= 11 is 0. The van der Waals surface area contributed by atoms with Gasteiger partial charge in [0, 0.05) is 31.0 Å². The normalized spacial score (nSPS) is 36.3. The number of ether oxygens (including phenoxy) is 1. The summed E-state index contributed by atoms with van der Waals surface area (Å²) in [7, 11) is 0. The number of benzene rings is 1. The highest BCUT2D eigenvalue weighted by Crippen LogP contribution is 2.47. The first-order valence-electron chi connectivity index (χ1n) is 8.75. The van der Waals surface area contributed by atoms with Crippen LogP contribution in [-0.2, 0) is 9.53 Å². The van der Waals surface area contributed by atoms with Crippen LogP contribution in [0.4, 0.5) is 0 Å². The minimum Gasteiger partial charge on any atom is -0.379 e. The lowest BCUT2D eigenvalue weighted by atomic mass is 9.61. The Balaban J connectivity index is 1.63. The topological polar surface area (TPSA) is 29.5 Å². The van der Waals surface area contributed by atoms with E-state index in [4.69, 9.17) is 4.74 Å². The molecule has 2 aliphatic carbocycles. The summed E-state index contributed by atoms with van der Waals surface area (Å²) in [4.78, 5) is 15.5. The van der Waals surface area contributed by atoms with Gasteiger partial charge in [-0.15, -0.1) is 0 Å². The van der Waals surface area contributed by atoms with Crippen molar-refractivity contribution in [3.05, 3.63) is 35.9 Å². The second-order valence-electron chi connectivity index (χ2n) is 7.01. The van der Waals surface area contributed by atoms with E-state index in [1.165, 1.54) is 12.0 Å². The minimum atomic E-state index is 0.262. The van der Waals surface area contributed by atoms with Crippen molar-refractivity contribution in [2.24, 2.45) is 11.8 Å². The Labute approximate surface area is 132 Å². The zero-order valence-electron chi connectivity index (χ0n) is 13.1. The van der Waals surface area contributed by atoms with Gasteiger partial charge in [0.05, 0.1) is 13.2 Å². The fourth-order valence-electron chi connectivity index (χ4n) is 4.87. The van der Waals surface area contributed by atoms with Crippen LogP contribution in [0.5, 0.6) is 0 Å². The first-order valence-corrected chi connectivity index (χ1v) is 8.75. The number of carbonyl (C=O) groups excluding carboxylic acids is 1. The summed E-state index contributed by atoms with van der Waals surface area (Å²) in [6.45, 7) is 3.61. The molecule has 4 atom stereocenters. The first kappa shape index (κ1) is 14.4. The second kappa shape index (κ2) is 6.13. The van der Waals surface area contributed by atoms with Crippen molar-refractivity contribution < 1.29 is 9.53 Å². The Morgan fingerprint density at radius 2 is 1.68 bits per heavy atom. The lowest BCUT2D eigenvalue weighted by Gasteiger charge is -2.48. The summed E-state index contributed by atoms with van der Waals surface area (Å²) in [6.07, 6.45) is 4.54. The molecular formula is C19H25NO2. The molecule has 1 aromatic rings. The molecule has 1 heterocycles. The molecule has 2 bridgehead atoms. The van der Waals surface area contributed by atoms with Gasteiger partial charge in [-0.3, -0.25) is 9.69 Å². The zero-order chi connectivity index (χ0) is 14.9. The van der Waals surface area contributed by atoms with E-state index in [2.05, 4.69) is 35.2 Å². The van der Waals surface area contributed by atoms with Crippen molar-refractivity contribution in [3.8, 4) is 0 Å². The zero-order valence-corrected chi connectivity index (χ0v) is 13.1. The molecule has 4 rings (SSSR count). The molecule has 2 saturated carbocycles. The van der Waals surface area contributed by atoms with Crippen LogP contribution in [0.15, 0.2) is 30.3 Å². The second-order valence-corrected chi connectivity index (χ2v) is 7.01. The van der Waals surface area contributed by atoms with Gasteiger partial charge in [0.15, 0.2) is 0 Å². The van der Waals surface area contributed by atoms with Crippen molar-refractivity contribution in [2.45, 2.75) is 37.6 Å². The average Bonchev–Trinajstić information content (AvgIpc) is 2.57. The van der Waals surface area contributed by atoms with Crippen molar-refractivity contribution in [1.82, 2.24) is 4.90 Å². The summed E-state index contributed by atoms with van der Waals surface area (Å²) in [5.41, 5.74) is 1.36. The summed E-state index contributed by atoms with van der Waals surface area (Å²) < 4.78 is 5.51. The van der Waals surface area contributed by atoms with Gasteiger partial charge >= 0.3 is 0 Å². The van der Waals surface area contributed by atoms with Crippen molar-refractivity contribution in [3.63, 3.8) is 0 Å². The molecule has 1 saturated heterocycles. The van der Waals surface area contributed by atoms with E-state index in [9.17, 15) is 4.79 Å². The molecule has 118 valence electrons. The number of hydrogen-bond donors (Lipinski definition) is 0. The van der Waals surface area contributed by atoms with Gasteiger partial charge in [-0.1, -0.05) is 36.8 Å². The molecule has 0 amide bonds. The highest BCUT2D eigenvalue weighted by atomic mass is 16.5. The number of hydrogen-bond acceptors (Lipinski definition) is 3. The molecule has 0 spiro atoms. The Morgan fingerprint density at radius 1 is 0.955 bits per heavy atom. The molecule has 0 aromatic heterocycles. The number of ketones is 1. The monoisotopic (exact) mass is 299 g/mol. The van der Waals surface area contributed by atoms with Crippen molar-refractivity contribution >= 4 is 5.78 Å². The van der Waals surface area contributed by atoms with Gasteiger partial charge in [0.2, 0.25) is 0 Å². The maximum absolute atomic E-state index is 13.0. The van der Waals surface area contributed by atoms with Crippen LogP contribution in [0.2, 0.25) is 0 Å². The van der Waals surface area contributed by atoms with Crippen LogP contribution in [0.1, 0.15) is 37.2 Å². The summed E-state index contributed by atoms with van der Waals surface area (Å²) in [5.74, 6) is 1.50. The number of rotatable bonds is 2. The lowest BCUT2D eigenvalue weighted by Crippen LogP contribution is -2.55. The van der Waals surface area contributed by atoms with Gasteiger partial charge < -0.3 is 4.74 Å². The fraction of sp³-hybridized carbons (Fsp3) is 0.632. The Morgan fingerprint density at radius 3 is 2.45 bits per heavy atom. The molecule has 1 aliphatic heterocycles. The molecule has 0 radical (unpaired) electrons. The first-order chi connectivity index (χ1) is 10.8. The van der Waals surface area contributed by atoms with E-state index >= 15 is 0 Å². The van der Waals surface area contributed by atoms with Crippen LogP contribution < -0.4 is 0 Å². The van der Waals surface area contributed by atoms with Crippen LogP contribution in [0, 0.1) is 11.8 Å². The number of morpholine rings is 1. The largest absolute Gasteiger partial charge is 0.379 e. The van der Waals surface area contributed by atoms with E-state index in [1.54, 1.807) is 0 Å². The third-order valence-corrected chi connectivity index (χ3v) is 5.95. The van der Waals surface area contributed by atoms with Crippen LogP contribution in [0.3, 0.4) is 0 Å². The molecular weight excluding hydrogens is 274 g/mol. The number of nitrogens with zero attached hydrogens (tertiary/aromatic N) is 1. The standard InChI is InChI=1S/C19H25NO2/c21-19-15-7-4-8-16(19)18(20-9-11-22-12-10-20)13-17(15)14-5-2-1-3-6-14/h1-3,5-6,15-18H,4,7-13H2/t15-,16+,17-,18+/m0/s1. The van der Waals surface area contributed by atoms with Crippen molar-refractivity contribution in [2.75, 3.05) is 26.3 Å². The molecule has 3 fully saturated rings. The molecule has 1 aromatic carbocycles. The maximum atomic E-state index is 13.0. The highest BCUT2D eigenvalue weighted by molar-refractivity contribution is 5.86. The Bertz CT molecular complexity index is 523. The lowest BCUT2D eigenvalue weighted by molar-refractivity contribution is -0.138. The number of Topliss-reactive ketones (excluding diaryl/α,β-unsaturated/α-hetero) is 1. The van der Waals surface area contributed by atoms with Crippen LogP contribution >= 0.6 is 0 Å². The molecule has 3 heteroatoms. The molecule has 3 nitrogen and oxygen atoms in total. The van der Waals surface area contributed by atoms with Gasteiger partial charge in [0.1, 0.15) is 5.78 Å². The van der Waals surface area contributed by atoms with Crippen molar-refractivity contribution in [1.29, 1.82) is 0 Å². The molecule has 3 aliphatic rings. The maximum Gasteiger partial charge on any atom is 0.141 e. The van der Waals surface area contributed by atoms with E-state index < -0.39 is 0 Å². The number of fused-ring (bicyclic) bond motifs is 2. The smallest absolute Gasteiger partial charge is 0.141 e. The Hall–Kier alpha value is -1.19. The third kappa shape index (κ3) is 2.50. The minimum absolute atomic E-state index is 0.262. The summed E-state index contributed by atoms with van der Waals surface area (Å²) in [5, 5.41) is 0. The van der Waals surface area contributed by atoms with Gasteiger partial charge in [-0.05, 0) is 30.7 Å².